The molecule has 4 aliphatic heterocycles. The van der Waals surface area contributed by atoms with Crippen LogP contribution in [0.4, 0.5) is 31.5 Å². The number of nitrogens with zero attached hydrogens (tertiary/aromatic N) is 5. The molecule has 1 atom stereocenters. The van der Waals surface area contributed by atoms with Crippen molar-refractivity contribution in [3.8, 4) is 0 Å². The number of benzene rings is 3. The Morgan fingerprint density at radius 1 is 0.820 bits per heavy atom. The number of imide groups is 1. The van der Waals surface area contributed by atoms with Crippen LogP contribution in [0.25, 0.3) is 10.9 Å². The van der Waals surface area contributed by atoms with Crippen molar-refractivity contribution < 1.29 is 23.2 Å². The van der Waals surface area contributed by atoms with E-state index in [0.717, 1.165) is 51.9 Å². The number of anilines is 4. The maximum absolute atomic E-state index is 14.8. The number of pyridine rings is 1. The zero-order valence-corrected chi connectivity index (χ0v) is 28.0. The second-order valence-corrected chi connectivity index (χ2v) is 13.7. The van der Waals surface area contributed by atoms with E-state index in [4.69, 9.17) is 0 Å². The molecule has 4 aliphatic rings. The van der Waals surface area contributed by atoms with Gasteiger partial charge in [-0.15, -0.1) is 0 Å². The molecule has 0 spiro atoms. The Bertz CT molecular complexity index is 2140. The minimum Gasteiger partial charge on any atom is -0.368 e. The van der Waals surface area contributed by atoms with E-state index in [-0.39, 0.29) is 29.4 Å². The summed E-state index contributed by atoms with van der Waals surface area (Å²) in [5.74, 6) is -0.966. The van der Waals surface area contributed by atoms with Crippen LogP contribution >= 0.6 is 0 Å². The molecule has 3 amide bonds. The number of piperidine rings is 1. The smallest absolute Gasteiger partial charge is 0.265 e. The van der Waals surface area contributed by atoms with E-state index in [9.17, 15) is 28.0 Å². The first-order valence-corrected chi connectivity index (χ1v) is 17.2. The van der Waals surface area contributed by atoms with Gasteiger partial charge in [0.25, 0.3) is 17.9 Å². The highest BCUT2D eigenvalue weighted by Gasteiger charge is 2.39. The largest absolute Gasteiger partial charge is 0.368 e. The van der Waals surface area contributed by atoms with Gasteiger partial charge in [0.05, 0.1) is 11.2 Å². The molecule has 5 heterocycles. The zero-order valence-electron chi connectivity index (χ0n) is 28.0. The van der Waals surface area contributed by atoms with Gasteiger partial charge < -0.3 is 24.2 Å². The number of fused-ring (bicyclic) bond motifs is 3. The number of amides is 3. The van der Waals surface area contributed by atoms with Gasteiger partial charge in [0.15, 0.2) is 0 Å². The predicted molar refractivity (Wildman–Crippen MR) is 188 cm³/mol. The summed E-state index contributed by atoms with van der Waals surface area (Å²) in [7, 11) is 1.76. The highest BCUT2D eigenvalue weighted by Crippen LogP contribution is 2.43. The van der Waals surface area contributed by atoms with Crippen molar-refractivity contribution in [2.45, 2.75) is 51.6 Å². The molecule has 2 fully saturated rings. The van der Waals surface area contributed by atoms with Gasteiger partial charge in [-0.25, -0.2) is 8.78 Å². The second-order valence-electron chi connectivity index (χ2n) is 13.7. The van der Waals surface area contributed by atoms with E-state index in [1.54, 1.807) is 35.6 Å². The van der Waals surface area contributed by atoms with Crippen LogP contribution in [0.5, 0.6) is 0 Å². The van der Waals surface area contributed by atoms with E-state index in [1.807, 2.05) is 42.5 Å². The van der Waals surface area contributed by atoms with Crippen molar-refractivity contribution in [3.05, 3.63) is 92.8 Å². The van der Waals surface area contributed by atoms with Gasteiger partial charge in [0.2, 0.25) is 11.8 Å². The van der Waals surface area contributed by atoms with E-state index in [2.05, 4.69) is 20.0 Å². The molecular formula is C38H38F2N6O4. The number of carbonyl (C=O) groups excluding carboxylic acids is 3. The number of alkyl halides is 2. The SMILES string of the molecule is Cc1cc2c(N3CCCc4cc(N5CCN(c6ccc7c(c6)CN(C6CCC(=O)NC6=O)C7=O)CC5)c(C(F)F)cc43)cccc2n(C)c1=O. The third-order valence-electron chi connectivity index (χ3n) is 10.8. The van der Waals surface area contributed by atoms with Crippen LogP contribution in [0.1, 0.15) is 58.3 Å². The van der Waals surface area contributed by atoms with Crippen LogP contribution in [0.3, 0.4) is 0 Å². The van der Waals surface area contributed by atoms with Crippen molar-refractivity contribution in [1.29, 1.82) is 0 Å². The molecular weight excluding hydrogens is 642 g/mol. The lowest BCUT2D eigenvalue weighted by Crippen LogP contribution is -2.52. The summed E-state index contributed by atoms with van der Waals surface area (Å²) in [6, 6.07) is 16.4. The number of nitrogens with one attached hydrogen (secondary N) is 1. The molecule has 2 saturated heterocycles. The average molecular weight is 681 g/mol. The van der Waals surface area contributed by atoms with Crippen molar-refractivity contribution >= 4 is 51.4 Å². The van der Waals surface area contributed by atoms with Crippen LogP contribution in [-0.4, -0.2) is 66.0 Å². The Balaban J connectivity index is 1.03. The molecule has 4 aromatic rings. The number of aromatic nitrogens is 1. The lowest BCUT2D eigenvalue weighted by molar-refractivity contribution is -0.136. The molecule has 1 N–H and O–H groups in total. The molecule has 0 bridgehead atoms. The van der Waals surface area contributed by atoms with E-state index in [1.165, 1.54) is 0 Å². The Labute approximate surface area is 287 Å². The van der Waals surface area contributed by atoms with Gasteiger partial charge in [-0.2, -0.15) is 0 Å². The number of carbonyl (C=O) groups is 3. The van der Waals surface area contributed by atoms with Crippen molar-refractivity contribution in [2.75, 3.05) is 47.4 Å². The summed E-state index contributed by atoms with van der Waals surface area (Å²) in [6.07, 6.45) is -0.486. The van der Waals surface area contributed by atoms with Gasteiger partial charge in [0, 0.05) is 91.9 Å². The molecule has 0 radical (unpaired) electrons. The lowest BCUT2D eigenvalue weighted by Gasteiger charge is -2.39. The van der Waals surface area contributed by atoms with Crippen LogP contribution in [0.15, 0.2) is 59.4 Å². The maximum Gasteiger partial charge on any atom is 0.265 e. The lowest BCUT2D eigenvalue weighted by atomic mass is 9.96. The number of rotatable bonds is 5. The molecule has 50 heavy (non-hydrogen) atoms. The maximum atomic E-state index is 14.8. The van der Waals surface area contributed by atoms with Crippen LogP contribution in [-0.2, 0) is 29.6 Å². The second kappa shape index (κ2) is 12.3. The summed E-state index contributed by atoms with van der Waals surface area (Å²) in [4.78, 5) is 57.8. The fourth-order valence-corrected chi connectivity index (χ4v) is 8.17. The van der Waals surface area contributed by atoms with Crippen LogP contribution < -0.4 is 25.6 Å². The van der Waals surface area contributed by atoms with E-state index in [0.29, 0.717) is 62.5 Å². The molecule has 10 nitrogen and oxygen atoms in total. The summed E-state index contributed by atoms with van der Waals surface area (Å²) in [5, 5.41) is 3.25. The summed E-state index contributed by atoms with van der Waals surface area (Å²) >= 11 is 0. The number of halogens is 2. The first-order chi connectivity index (χ1) is 24.1. The van der Waals surface area contributed by atoms with Crippen molar-refractivity contribution in [3.63, 3.8) is 0 Å². The van der Waals surface area contributed by atoms with Gasteiger partial charge in [-0.05, 0) is 85.8 Å². The van der Waals surface area contributed by atoms with E-state index >= 15 is 0 Å². The van der Waals surface area contributed by atoms with Crippen molar-refractivity contribution in [1.82, 2.24) is 14.8 Å². The molecule has 12 heteroatoms. The van der Waals surface area contributed by atoms with Crippen molar-refractivity contribution in [2.24, 2.45) is 7.05 Å². The number of aryl methyl sites for hydroxylation is 3. The normalized spacial score (nSPS) is 19.4. The molecule has 258 valence electrons. The van der Waals surface area contributed by atoms with Crippen LogP contribution in [0, 0.1) is 6.92 Å². The van der Waals surface area contributed by atoms with Gasteiger partial charge in [-0.3, -0.25) is 24.5 Å². The molecule has 3 aromatic carbocycles. The summed E-state index contributed by atoms with van der Waals surface area (Å²) in [5.41, 5.74) is 7.01. The molecule has 0 saturated carbocycles. The van der Waals surface area contributed by atoms with Gasteiger partial charge in [-0.1, -0.05) is 6.07 Å². The zero-order chi connectivity index (χ0) is 34.8. The minimum atomic E-state index is -2.66. The Morgan fingerprint density at radius 3 is 2.36 bits per heavy atom. The predicted octanol–water partition coefficient (Wildman–Crippen LogP) is 4.96. The summed E-state index contributed by atoms with van der Waals surface area (Å²) < 4.78 is 31.3. The topological polar surface area (TPSA) is 98.2 Å². The molecule has 8 rings (SSSR count). The number of hydrogen-bond donors (Lipinski definition) is 1. The third-order valence-corrected chi connectivity index (χ3v) is 10.8. The fourth-order valence-electron chi connectivity index (χ4n) is 8.17. The Kier molecular flexibility index (Phi) is 7.84. The standard InChI is InChI=1S/C38H38F2N6O4/c1-22-17-27-29(42(2)37(22)49)6-3-7-30(27)45-12-4-5-23-19-33(28(35(39)40)20-32(23)45)44-15-13-43(14-16-44)25-8-9-26-24(18-25)21-46(38(26)50)31-10-11-34(47)41-36(31)48/h3,6-9,17-20,31,35H,4-5,10-16,21H2,1-2H3,(H,41,47,48). The Hall–Kier alpha value is -5.26. The van der Waals surface area contributed by atoms with Gasteiger partial charge in [0.1, 0.15) is 6.04 Å². The average Bonchev–Trinajstić information content (AvgIpc) is 3.44. The van der Waals surface area contributed by atoms with Gasteiger partial charge >= 0.3 is 0 Å². The third kappa shape index (κ3) is 5.28. The summed E-state index contributed by atoms with van der Waals surface area (Å²) in [6.45, 7) is 5.12. The fraction of sp³-hybridized carbons (Fsp3) is 0.368. The van der Waals surface area contributed by atoms with E-state index < -0.39 is 18.4 Å². The number of piperazine rings is 1. The number of hydrogen-bond acceptors (Lipinski definition) is 7. The molecule has 1 unspecified atom stereocenters. The minimum absolute atomic E-state index is 0.0116. The monoisotopic (exact) mass is 680 g/mol. The molecule has 1 aromatic heterocycles. The first-order valence-electron chi connectivity index (χ1n) is 17.2. The van der Waals surface area contributed by atoms with Crippen LogP contribution in [0.2, 0.25) is 0 Å². The Morgan fingerprint density at radius 2 is 1.60 bits per heavy atom. The quantitative estimate of drug-likeness (QED) is 0.298. The first kappa shape index (κ1) is 32.0. The highest BCUT2D eigenvalue weighted by atomic mass is 19.3. The molecule has 0 aliphatic carbocycles. The highest BCUT2D eigenvalue weighted by molar-refractivity contribution is 6.05.